The third kappa shape index (κ3) is 6.16. The summed E-state index contributed by atoms with van der Waals surface area (Å²) in [6, 6.07) is 18.5. The third-order valence-corrected chi connectivity index (χ3v) is 5.38. The van der Waals surface area contributed by atoms with Crippen LogP contribution in [0.1, 0.15) is 37.1 Å². The number of nitrogens with zero attached hydrogens (tertiary/aromatic N) is 2. The van der Waals surface area contributed by atoms with Crippen molar-refractivity contribution < 1.29 is 19.2 Å². The van der Waals surface area contributed by atoms with Gasteiger partial charge in [-0.2, -0.15) is 0 Å². The van der Waals surface area contributed by atoms with E-state index in [2.05, 4.69) is 10.6 Å². The van der Waals surface area contributed by atoms with E-state index in [-0.39, 0.29) is 61.9 Å². The molecule has 0 bridgehead atoms. The molecule has 2 aromatic carbocycles. The molecule has 2 N–H and O–H groups in total. The lowest BCUT2D eigenvalue weighted by Crippen LogP contribution is -2.57. The Hall–Kier alpha value is -3.68. The molecule has 1 aliphatic heterocycles. The van der Waals surface area contributed by atoms with Gasteiger partial charge in [0.05, 0.1) is 12.1 Å². The summed E-state index contributed by atoms with van der Waals surface area (Å²) in [5.41, 5.74) is 1.90. The second kappa shape index (κ2) is 10.6. The summed E-state index contributed by atoms with van der Waals surface area (Å²) in [4.78, 5) is 52.1. The number of nitrogens with one attached hydrogen (secondary N) is 2. The number of hydrogen-bond donors (Lipinski definition) is 2. The smallest absolute Gasteiger partial charge is 0.243 e. The minimum atomic E-state index is -0.365. The monoisotopic (exact) mass is 436 g/mol. The lowest BCUT2D eigenvalue weighted by molar-refractivity contribution is -0.152. The number of hydrogen-bond acceptors (Lipinski definition) is 4. The molecule has 1 heterocycles. The SMILES string of the molecule is CC(NC(=O)CN1CC(=O)N(CC(=O)NC(C)c2ccccc2)CC1=O)c1ccccc1. The Morgan fingerprint density at radius 2 is 1.06 bits per heavy atom. The van der Waals surface area contributed by atoms with E-state index in [1.165, 1.54) is 9.80 Å². The normalized spacial score (nSPS) is 15.8. The molecule has 1 saturated heterocycles. The largest absolute Gasteiger partial charge is 0.348 e. The van der Waals surface area contributed by atoms with Crippen molar-refractivity contribution in [2.75, 3.05) is 26.2 Å². The molecule has 1 aliphatic rings. The highest BCUT2D eigenvalue weighted by molar-refractivity contribution is 5.96. The van der Waals surface area contributed by atoms with Gasteiger partial charge in [-0.15, -0.1) is 0 Å². The molecule has 8 heteroatoms. The topological polar surface area (TPSA) is 98.8 Å². The Morgan fingerprint density at radius 1 is 0.719 bits per heavy atom. The van der Waals surface area contributed by atoms with Gasteiger partial charge in [-0.05, 0) is 25.0 Å². The molecule has 4 amide bonds. The van der Waals surface area contributed by atoms with Gasteiger partial charge in [-0.3, -0.25) is 19.2 Å². The van der Waals surface area contributed by atoms with Crippen molar-refractivity contribution in [3.8, 4) is 0 Å². The van der Waals surface area contributed by atoms with Gasteiger partial charge in [0.1, 0.15) is 26.2 Å². The van der Waals surface area contributed by atoms with Gasteiger partial charge in [0, 0.05) is 0 Å². The number of rotatable bonds is 8. The fraction of sp³-hybridized carbons (Fsp3) is 0.333. The number of benzene rings is 2. The van der Waals surface area contributed by atoms with Crippen LogP contribution in [0.15, 0.2) is 60.7 Å². The van der Waals surface area contributed by atoms with E-state index in [0.717, 1.165) is 11.1 Å². The third-order valence-electron chi connectivity index (χ3n) is 5.38. The standard InChI is InChI=1S/C24H28N4O4/c1-17(19-9-5-3-6-10-19)25-21(29)13-27-15-24(32)28(16-23(27)31)14-22(30)26-18(2)20-11-7-4-8-12-20/h3-12,17-18H,13-16H2,1-2H3,(H,25,29)(H,26,30). The summed E-state index contributed by atoms with van der Waals surface area (Å²) in [5.74, 6) is -1.41. The van der Waals surface area contributed by atoms with Gasteiger partial charge in [0.15, 0.2) is 0 Å². The van der Waals surface area contributed by atoms with E-state index in [1.54, 1.807) is 0 Å². The Morgan fingerprint density at radius 3 is 1.41 bits per heavy atom. The number of amides is 4. The van der Waals surface area contributed by atoms with Gasteiger partial charge >= 0.3 is 0 Å². The lowest BCUT2D eigenvalue weighted by atomic mass is 10.1. The van der Waals surface area contributed by atoms with Crippen molar-refractivity contribution in [2.45, 2.75) is 25.9 Å². The summed E-state index contributed by atoms with van der Waals surface area (Å²) in [6.07, 6.45) is 0. The second-order valence-electron chi connectivity index (χ2n) is 7.90. The molecule has 8 nitrogen and oxygen atoms in total. The average molecular weight is 437 g/mol. The summed E-state index contributed by atoms with van der Waals surface area (Å²) in [6.45, 7) is 2.85. The van der Waals surface area contributed by atoms with Gasteiger partial charge < -0.3 is 20.4 Å². The van der Waals surface area contributed by atoms with Crippen LogP contribution < -0.4 is 10.6 Å². The molecule has 0 aliphatic carbocycles. The molecule has 0 aromatic heterocycles. The van der Waals surface area contributed by atoms with Crippen LogP contribution in [-0.4, -0.2) is 59.6 Å². The van der Waals surface area contributed by atoms with Crippen LogP contribution in [0.4, 0.5) is 0 Å². The number of carbonyl (C=O) groups is 4. The molecule has 1 fully saturated rings. The van der Waals surface area contributed by atoms with E-state index in [0.29, 0.717) is 0 Å². The maximum Gasteiger partial charge on any atom is 0.243 e. The quantitative estimate of drug-likeness (QED) is 0.654. The van der Waals surface area contributed by atoms with Crippen LogP contribution in [-0.2, 0) is 19.2 Å². The zero-order valence-electron chi connectivity index (χ0n) is 18.3. The minimum Gasteiger partial charge on any atom is -0.348 e. The summed E-state index contributed by atoms with van der Waals surface area (Å²) in [5, 5.41) is 5.68. The molecule has 2 unspecified atom stereocenters. The predicted molar refractivity (Wildman–Crippen MR) is 119 cm³/mol. The molecule has 0 spiro atoms. The maximum atomic E-state index is 12.5. The summed E-state index contributed by atoms with van der Waals surface area (Å²) in [7, 11) is 0. The lowest BCUT2D eigenvalue weighted by Gasteiger charge is -2.33. The summed E-state index contributed by atoms with van der Waals surface area (Å²) < 4.78 is 0. The van der Waals surface area contributed by atoms with E-state index in [1.807, 2.05) is 74.5 Å². The fourth-order valence-corrected chi connectivity index (χ4v) is 3.56. The Balaban J connectivity index is 1.48. The highest BCUT2D eigenvalue weighted by Crippen LogP contribution is 2.13. The van der Waals surface area contributed by atoms with Gasteiger partial charge in [-0.1, -0.05) is 60.7 Å². The van der Waals surface area contributed by atoms with E-state index >= 15 is 0 Å². The first kappa shape index (κ1) is 23.0. The van der Waals surface area contributed by atoms with Crippen LogP contribution in [0, 0.1) is 0 Å². The highest BCUT2D eigenvalue weighted by Gasteiger charge is 2.32. The molecule has 2 aromatic rings. The summed E-state index contributed by atoms with van der Waals surface area (Å²) >= 11 is 0. The Bertz CT molecular complexity index is 885. The van der Waals surface area contributed by atoms with Crippen molar-refractivity contribution in [1.29, 1.82) is 0 Å². The van der Waals surface area contributed by atoms with Crippen molar-refractivity contribution >= 4 is 23.6 Å². The molecular weight excluding hydrogens is 408 g/mol. The van der Waals surface area contributed by atoms with Crippen molar-refractivity contribution in [3.63, 3.8) is 0 Å². The van der Waals surface area contributed by atoms with Crippen LogP contribution in [0.3, 0.4) is 0 Å². The molecule has 2 atom stereocenters. The van der Waals surface area contributed by atoms with Gasteiger partial charge in [-0.25, -0.2) is 0 Å². The molecule has 0 radical (unpaired) electrons. The maximum absolute atomic E-state index is 12.5. The first-order valence-electron chi connectivity index (χ1n) is 10.6. The number of piperazine rings is 1. The van der Waals surface area contributed by atoms with Crippen molar-refractivity contribution in [2.24, 2.45) is 0 Å². The Labute approximate surface area is 187 Å². The van der Waals surface area contributed by atoms with E-state index in [9.17, 15) is 19.2 Å². The van der Waals surface area contributed by atoms with E-state index < -0.39 is 0 Å². The highest BCUT2D eigenvalue weighted by atomic mass is 16.2. The van der Waals surface area contributed by atoms with E-state index in [4.69, 9.17) is 0 Å². The van der Waals surface area contributed by atoms with Crippen LogP contribution >= 0.6 is 0 Å². The number of carbonyl (C=O) groups excluding carboxylic acids is 4. The second-order valence-corrected chi connectivity index (χ2v) is 7.90. The van der Waals surface area contributed by atoms with Gasteiger partial charge in [0.25, 0.3) is 0 Å². The van der Waals surface area contributed by atoms with Crippen LogP contribution in [0.2, 0.25) is 0 Å². The average Bonchev–Trinajstić information content (AvgIpc) is 2.78. The van der Waals surface area contributed by atoms with Crippen molar-refractivity contribution in [3.05, 3.63) is 71.8 Å². The minimum absolute atomic E-state index is 0.202. The molecule has 3 rings (SSSR count). The van der Waals surface area contributed by atoms with Crippen LogP contribution in [0.25, 0.3) is 0 Å². The first-order valence-corrected chi connectivity index (χ1v) is 10.6. The molecule has 32 heavy (non-hydrogen) atoms. The Kier molecular flexibility index (Phi) is 7.59. The molecule has 168 valence electrons. The molecular formula is C24H28N4O4. The fourth-order valence-electron chi connectivity index (χ4n) is 3.56. The first-order chi connectivity index (χ1) is 15.3. The zero-order chi connectivity index (χ0) is 23.1. The van der Waals surface area contributed by atoms with Crippen molar-refractivity contribution in [1.82, 2.24) is 20.4 Å². The van der Waals surface area contributed by atoms with Gasteiger partial charge in [0.2, 0.25) is 23.6 Å². The predicted octanol–water partition coefficient (Wildman–Crippen LogP) is 1.41. The van der Waals surface area contributed by atoms with Crippen LogP contribution in [0.5, 0.6) is 0 Å². The molecule has 0 saturated carbocycles. The zero-order valence-corrected chi connectivity index (χ0v) is 18.3.